The number of hydrogen-bond donors (Lipinski definition) is 3. The number of para-hydroxylation sites is 1. The highest BCUT2D eigenvalue weighted by atomic mass is 32.1. The van der Waals surface area contributed by atoms with Crippen molar-refractivity contribution in [1.82, 2.24) is 19.8 Å². The van der Waals surface area contributed by atoms with Crippen LogP contribution in [-0.4, -0.2) is 45.5 Å². The Morgan fingerprint density at radius 3 is 2.37 bits per heavy atom. The monoisotopic (exact) mass is 634 g/mol. The third-order valence-electron chi connectivity index (χ3n) is 8.73. The molecule has 3 N–H and O–H groups in total. The van der Waals surface area contributed by atoms with E-state index in [1.807, 2.05) is 48.5 Å². The van der Waals surface area contributed by atoms with Crippen molar-refractivity contribution >= 4 is 45.0 Å². The van der Waals surface area contributed by atoms with Crippen molar-refractivity contribution in [1.29, 1.82) is 0 Å². The van der Waals surface area contributed by atoms with Crippen LogP contribution >= 0.6 is 11.3 Å². The van der Waals surface area contributed by atoms with Crippen molar-refractivity contribution < 1.29 is 9.59 Å². The lowest BCUT2D eigenvalue weighted by molar-refractivity contribution is 0.102. The molecule has 0 bridgehead atoms. The van der Waals surface area contributed by atoms with Crippen LogP contribution in [0, 0.1) is 0 Å². The van der Waals surface area contributed by atoms with Gasteiger partial charge in [-0.15, -0.1) is 11.3 Å². The second kappa shape index (κ2) is 14.7. The van der Waals surface area contributed by atoms with E-state index in [0.29, 0.717) is 17.1 Å². The number of nitrogens with one attached hydrogen (secondary N) is 3. The van der Waals surface area contributed by atoms with E-state index < -0.39 is 0 Å². The number of carbonyl (C=O) groups excluding carboxylic acids is 2. The van der Waals surface area contributed by atoms with Crippen LogP contribution in [0.3, 0.4) is 0 Å². The molecule has 46 heavy (non-hydrogen) atoms. The maximum Gasteiger partial charge on any atom is 0.319 e. The van der Waals surface area contributed by atoms with Crippen LogP contribution in [0.4, 0.5) is 15.6 Å². The Labute approximate surface area is 274 Å². The van der Waals surface area contributed by atoms with Gasteiger partial charge in [0.2, 0.25) is 0 Å². The molecule has 2 aromatic heterocycles. The number of rotatable bonds is 11. The lowest BCUT2D eigenvalue weighted by Crippen LogP contribution is -2.37. The van der Waals surface area contributed by atoms with Gasteiger partial charge in [-0.2, -0.15) is 0 Å². The molecule has 238 valence electrons. The van der Waals surface area contributed by atoms with Gasteiger partial charge in [0.15, 0.2) is 5.13 Å². The Morgan fingerprint density at radius 2 is 1.63 bits per heavy atom. The Morgan fingerprint density at radius 1 is 0.891 bits per heavy atom. The summed E-state index contributed by atoms with van der Waals surface area (Å²) >= 11 is 1.46. The Kier molecular flexibility index (Phi) is 10.1. The minimum atomic E-state index is -0.186. The summed E-state index contributed by atoms with van der Waals surface area (Å²) in [5.74, 6) is -0.183. The number of likely N-dealkylation sites (tertiary alicyclic amines) is 1. The lowest BCUT2D eigenvalue weighted by atomic mass is 10.1. The number of piperidine rings is 1. The predicted octanol–water partition coefficient (Wildman–Crippen LogP) is 8.23. The molecule has 0 atom stereocenters. The third kappa shape index (κ3) is 7.66. The number of thiazole rings is 1. The van der Waals surface area contributed by atoms with Crippen molar-refractivity contribution in [2.24, 2.45) is 0 Å². The van der Waals surface area contributed by atoms with Crippen molar-refractivity contribution in [2.75, 3.05) is 23.7 Å². The average Bonchev–Trinajstić information content (AvgIpc) is 3.69. The van der Waals surface area contributed by atoms with E-state index in [2.05, 4.69) is 74.7 Å². The van der Waals surface area contributed by atoms with Crippen LogP contribution in [0.15, 0.2) is 85.2 Å². The molecule has 3 heterocycles. The number of urea groups is 1. The maximum absolute atomic E-state index is 13.1. The van der Waals surface area contributed by atoms with Crippen LogP contribution in [0.2, 0.25) is 0 Å². The summed E-state index contributed by atoms with van der Waals surface area (Å²) in [7, 11) is 0. The van der Waals surface area contributed by atoms with E-state index >= 15 is 0 Å². The molecule has 0 spiro atoms. The van der Waals surface area contributed by atoms with Crippen LogP contribution in [0.1, 0.15) is 72.3 Å². The lowest BCUT2D eigenvalue weighted by Gasteiger charge is -2.26. The number of carbonyl (C=O) groups is 2. The largest absolute Gasteiger partial charge is 0.335 e. The fraction of sp³-hybridized carbons (Fsp3) is 0.324. The molecule has 6 rings (SSSR count). The summed E-state index contributed by atoms with van der Waals surface area (Å²) in [6, 6.07) is 24.1. The maximum atomic E-state index is 13.1. The second-order valence-corrected chi connectivity index (χ2v) is 13.1. The minimum absolute atomic E-state index is 0.174. The number of benzene rings is 3. The molecule has 1 aliphatic rings. The van der Waals surface area contributed by atoms with Crippen molar-refractivity contribution in [3.63, 3.8) is 0 Å². The topological polar surface area (TPSA) is 91.3 Å². The average molecular weight is 635 g/mol. The molecule has 8 nitrogen and oxygen atoms in total. The standard InChI is InChI=1S/C37H42N6O2S/c1-3-29(4-2)39-36(45)40-30-16-12-26(13-17-30)22-32-23-38-37(46-32)41-35(44)27-14-18-31(19-15-27)43-25-28(24-42-20-8-5-9-21-42)33-10-6-7-11-34(33)43/h6-7,10-19,23,25,29H,3-5,8-9,20-22,24H2,1-2H3,(H,38,41,44)(H2,39,40,45). The number of nitrogens with zero attached hydrogens (tertiary/aromatic N) is 3. The van der Waals surface area contributed by atoms with Crippen molar-refractivity contribution in [2.45, 2.75) is 65.0 Å². The first-order valence-electron chi connectivity index (χ1n) is 16.3. The first-order valence-corrected chi connectivity index (χ1v) is 17.1. The molecule has 1 saturated heterocycles. The predicted molar refractivity (Wildman–Crippen MR) is 188 cm³/mol. The van der Waals surface area contributed by atoms with Crippen molar-refractivity contribution in [3.05, 3.63) is 107 Å². The van der Waals surface area contributed by atoms with Gasteiger partial charge in [0, 0.05) is 58.6 Å². The van der Waals surface area contributed by atoms with E-state index in [-0.39, 0.29) is 18.0 Å². The van der Waals surface area contributed by atoms with Gasteiger partial charge in [-0.3, -0.25) is 15.0 Å². The molecule has 1 aliphatic heterocycles. The summed E-state index contributed by atoms with van der Waals surface area (Å²) in [5.41, 5.74) is 5.98. The minimum Gasteiger partial charge on any atom is -0.335 e. The highest BCUT2D eigenvalue weighted by Gasteiger charge is 2.16. The van der Waals surface area contributed by atoms with Crippen molar-refractivity contribution in [3.8, 4) is 5.69 Å². The molecule has 0 saturated carbocycles. The van der Waals surface area contributed by atoms with E-state index in [9.17, 15) is 9.59 Å². The van der Waals surface area contributed by atoms with E-state index in [4.69, 9.17) is 0 Å². The van der Waals surface area contributed by atoms with Gasteiger partial charge < -0.3 is 15.2 Å². The van der Waals surface area contributed by atoms with E-state index in [0.717, 1.165) is 54.3 Å². The Bertz CT molecular complexity index is 1770. The number of amides is 3. The third-order valence-corrected chi connectivity index (χ3v) is 9.64. The van der Waals surface area contributed by atoms with Gasteiger partial charge in [-0.05, 0) is 92.4 Å². The summed E-state index contributed by atoms with van der Waals surface area (Å²) in [6.07, 6.45) is 10.4. The number of hydrogen-bond acceptors (Lipinski definition) is 5. The van der Waals surface area contributed by atoms with Gasteiger partial charge in [0.1, 0.15) is 0 Å². The summed E-state index contributed by atoms with van der Waals surface area (Å²) in [6.45, 7) is 7.41. The first kappa shape index (κ1) is 31.5. The van der Waals surface area contributed by atoms with Gasteiger partial charge in [0.05, 0.1) is 5.52 Å². The SMILES string of the molecule is CCC(CC)NC(=O)Nc1ccc(Cc2cnc(NC(=O)c3ccc(-n4cc(CN5CCCCC5)c5ccccc54)cc3)s2)cc1. The van der Waals surface area contributed by atoms with Gasteiger partial charge in [0.25, 0.3) is 5.91 Å². The number of anilines is 2. The fourth-order valence-electron chi connectivity index (χ4n) is 6.09. The van der Waals surface area contributed by atoms with Crippen LogP contribution in [0.5, 0.6) is 0 Å². The zero-order valence-electron chi connectivity index (χ0n) is 26.6. The molecule has 0 unspecified atom stereocenters. The van der Waals surface area contributed by atoms with Gasteiger partial charge in [-0.25, -0.2) is 9.78 Å². The molecular formula is C37H42N6O2S. The second-order valence-electron chi connectivity index (χ2n) is 12.0. The highest BCUT2D eigenvalue weighted by molar-refractivity contribution is 7.15. The molecule has 3 amide bonds. The van der Waals surface area contributed by atoms with Gasteiger partial charge in [-0.1, -0.05) is 50.6 Å². The summed E-state index contributed by atoms with van der Waals surface area (Å²) in [5, 5.41) is 10.7. The molecule has 0 aliphatic carbocycles. The van der Waals surface area contributed by atoms with Crippen LogP contribution < -0.4 is 16.0 Å². The van der Waals surface area contributed by atoms with Crippen LogP contribution in [0.25, 0.3) is 16.6 Å². The van der Waals surface area contributed by atoms with E-state index in [1.165, 1.54) is 47.1 Å². The number of aromatic nitrogens is 2. The molecule has 5 aromatic rings. The van der Waals surface area contributed by atoms with E-state index in [1.54, 1.807) is 6.20 Å². The highest BCUT2D eigenvalue weighted by Crippen LogP contribution is 2.28. The molecular weight excluding hydrogens is 593 g/mol. The normalized spacial score (nSPS) is 13.6. The van der Waals surface area contributed by atoms with Crippen LogP contribution in [-0.2, 0) is 13.0 Å². The van der Waals surface area contributed by atoms with Gasteiger partial charge >= 0.3 is 6.03 Å². The quantitative estimate of drug-likeness (QED) is 0.137. The zero-order valence-corrected chi connectivity index (χ0v) is 27.4. The zero-order chi connectivity index (χ0) is 31.9. The number of fused-ring (bicyclic) bond motifs is 1. The summed E-state index contributed by atoms with van der Waals surface area (Å²) < 4.78 is 2.23. The first-order chi connectivity index (χ1) is 22.5. The molecule has 0 radical (unpaired) electrons. The molecule has 3 aromatic carbocycles. The summed E-state index contributed by atoms with van der Waals surface area (Å²) in [4.78, 5) is 33.4. The smallest absolute Gasteiger partial charge is 0.319 e. The Hall–Kier alpha value is -4.47. The Balaban J connectivity index is 1.06. The molecule has 1 fully saturated rings. The molecule has 9 heteroatoms. The fourth-order valence-corrected chi connectivity index (χ4v) is 6.93.